The number of hydrogen-bond donors (Lipinski definition) is 1. The number of aryl methyl sites for hydroxylation is 1. The molecule has 0 bridgehead atoms. The van der Waals surface area contributed by atoms with Crippen LogP contribution in [0.2, 0.25) is 0 Å². The lowest BCUT2D eigenvalue weighted by Crippen LogP contribution is -2.30. The van der Waals surface area contributed by atoms with Crippen molar-refractivity contribution in [1.82, 2.24) is 4.90 Å². The first-order valence-corrected chi connectivity index (χ1v) is 8.72. The van der Waals surface area contributed by atoms with Gasteiger partial charge in [-0.05, 0) is 62.7 Å². The van der Waals surface area contributed by atoms with Gasteiger partial charge in [0, 0.05) is 34.4 Å². The number of nitrogens with one attached hydrogen (secondary N) is 1. The molecule has 2 rings (SSSR count). The molecule has 24 heavy (non-hydrogen) atoms. The summed E-state index contributed by atoms with van der Waals surface area (Å²) in [5, 5.41) is 2.84. The van der Waals surface area contributed by atoms with E-state index < -0.39 is 0 Å². The van der Waals surface area contributed by atoms with Crippen LogP contribution in [0.1, 0.15) is 40.1 Å². The van der Waals surface area contributed by atoms with E-state index in [0.29, 0.717) is 29.9 Å². The van der Waals surface area contributed by atoms with Gasteiger partial charge in [0.05, 0.1) is 0 Å². The van der Waals surface area contributed by atoms with Gasteiger partial charge in [-0.1, -0.05) is 22.0 Å². The molecule has 0 heterocycles. The van der Waals surface area contributed by atoms with Crippen LogP contribution in [0.25, 0.3) is 0 Å². The highest BCUT2D eigenvalue weighted by Crippen LogP contribution is 2.19. The molecule has 0 atom stereocenters. The highest BCUT2D eigenvalue weighted by Gasteiger charge is 2.13. The maximum atomic E-state index is 12.3. The van der Waals surface area contributed by atoms with Gasteiger partial charge >= 0.3 is 0 Å². The molecule has 5 heteroatoms. The first-order chi connectivity index (χ1) is 11.5. The molecule has 4 nitrogen and oxygen atoms in total. The topological polar surface area (TPSA) is 49.4 Å². The number of nitrogens with zero attached hydrogens (tertiary/aromatic N) is 1. The van der Waals surface area contributed by atoms with Crippen LogP contribution in [0.3, 0.4) is 0 Å². The van der Waals surface area contributed by atoms with Gasteiger partial charge < -0.3 is 10.2 Å². The fourth-order valence-corrected chi connectivity index (χ4v) is 2.71. The van der Waals surface area contributed by atoms with E-state index in [0.717, 1.165) is 10.0 Å². The molecule has 0 aliphatic rings. The molecule has 0 unspecified atom stereocenters. The Morgan fingerprint density at radius 3 is 2.12 bits per heavy atom. The number of hydrogen-bond acceptors (Lipinski definition) is 2. The Balaban J connectivity index is 2.09. The second kappa shape index (κ2) is 8.11. The average molecular weight is 389 g/mol. The summed E-state index contributed by atoms with van der Waals surface area (Å²) in [5.41, 5.74) is 2.93. The van der Waals surface area contributed by atoms with Crippen molar-refractivity contribution in [3.63, 3.8) is 0 Å². The number of carbonyl (C=O) groups is 2. The number of rotatable bonds is 5. The van der Waals surface area contributed by atoms with Crippen LogP contribution in [-0.4, -0.2) is 29.8 Å². The molecule has 0 aromatic heterocycles. The minimum Gasteiger partial charge on any atom is -0.339 e. The third-order valence-corrected chi connectivity index (χ3v) is 4.73. The molecule has 0 spiro atoms. The molecule has 2 aromatic rings. The summed E-state index contributed by atoms with van der Waals surface area (Å²) in [4.78, 5) is 26.3. The molecule has 2 aromatic carbocycles. The van der Waals surface area contributed by atoms with Crippen molar-refractivity contribution in [3.05, 3.63) is 63.6 Å². The van der Waals surface area contributed by atoms with Gasteiger partial charge in [-0.3, -0.25) is 9.59 Å². The van der Waals surface area contributed by atoms with E-state index in [2.05, 4.69) is 21.2 Å². The Morgan fingerprint density at radius 2 is 1.58 bits per heavy atom. The summed E-state index contributed by atoms with van der Waals surface area (Å²) in [6, 6.07) is 12.4. The third-order valence-electron chi connectivity index (χ3n) is 3.87. The fourth-order valence-electron chi connectivity index (χ4n) is 2.33. The van der Waals surface area contributed by atoms with Crippen LogP contribution in [0.5, 0.6) is 0 Å². The lowest BCUT2D eigenvalue weighted by molar-refractivity contribution is 0.0773. The molecule has 126 valence electrons. The van der Waals surface area contributed by atoms with E-state index in [1.165, 1.54) is 0 Å². The van der Waals surface area contributed by atoms with E-state index in [9.17, 15) is 9.59 Å². The van der Waals surface area contributed by atoms with Crippen molar-refractivity contribution in [1.29, 1.82) is 0 Å². The highest BCUT2D eigenvalue weighted by molar-refractivity contribution is 9.10. The second-order valence-corrected chi connectivity index (χ2v) is 6.33. The predicted octanol–water partition coefficient (Wildman–Crippen LogP) is 4.49. The van der Waals surface area contributed by atoms with Crippen molar-refractivity contribution in [3.8, 4) is 0 Å². The highest BCUT2D eigenvalue weighted by atomic mass is 79.9. The first kappa shape index (κ1) is 18.2. The molecule has 2 amide bonds. The van der Waals surface area contributed by atoms with E-state index in [-0.39, 0.29) is 11.8 Å². The van der Waals surface area contributed by atoms with Gasteiger partial charge in [0.15, 0.2) is 0 Å². The summed E-state index contributed by atoms with van der Waals surface area (Å²) >= 11 is 3.43. The van der Waals surface area contributed by atoms with Crippen LogP contribution >= 0.6 is 15.9 Å². The van der Waals surface area contributed by atoms with Crippen molar-refractivity contribution >= 4 is 33.4 Å². The van der Waals surface area contributed by atoms with Crippen LogP contribution in [0, 0.1) is 6.92 Å². The number of benzene rings is 2. The molecular formula is C19H21BrN2O2. The first-order valence-electron chi connectivity index (χ1n) is 7.93. The molecule has 0 saturated carbocycles. The normalized spacial score (nSPS) is 10.3. The summed E-state index contributed by atoms with van der Waals surface area (Å²) in [6.07, 6.45) is 0. The van der Waals surface area contributed by atoms with Gasteiger partial charge in [0.1, 0.15) is 0 Å². The minimum absolute atomic E-state index is 0.000316. The van der Waals surface area contributed by atoms with Crippen molar-refractivity contribution in [2.45, 2.75) is 20.8 Å². The Hall–Kier alpha value is -2.14. The Morgan fingerprint density at radius 1 is 1.00 bits per heavy atom. The summed E-state index contributed by atoms with van der Waals surface area (Å²) in [5.74, 6) is -0.182. The maximum Gasteiger partial charge on any atom is 0.255 e. The second-order valence-electron chi connectivity index (χ2n) is 5.47. The number of carbonyl (C=O) groups excluding carboxylic acids is 2. The van der Waals surface area contributed by atoms with E-state index in [1.54, 1.807) is 41.3 Å². The lowest BCUT2D eigenvalue weighted by atomic mass is 10.1. The molecule has 0 fully saturated rings. The zero-order chi connectivity index (χ0) is 17.7. The smallest absolute Gasteiger partial charge is 0.255 e. The van der Waals surface area contributed by atoms with Crippen LogP contribution in [0.4, 0.5) is 5.69 Å². The van der Waals surface area contributed by atoms with E-state index in [4.69, 9.17) is 0 Å². The Kier molecular flexibility index (Phi) is 6.15. The van der Waals surface area contributed by atoms with Crippen LogP contribution < -0.4 is 5.32 Å². The zero-order valence-electron chi connectivity index (χ0n) is 14.1. The molecular weight excluding hydrogens is 368 g/mol. The predicted molar refractivity (Wildman–Crippen MR) is 101 cm³/mol. The van der Waals surface area contributed by atoms with Crippen molar-refractivity contribution in [2.75, 3.05) is 18.4 Å². The van der Waals surface area contributed by atoms with Crippen molar-refractivity contribution in [2.24, 2.45) is 0 Å². The quantitative estimate of drug-likeness (QED) is 0.819. The molecule has 0 aliphatic heterocycles. The average Bonchev–Trinajstić information content (AvgIpc) is 2.59. The molecule has 0 radical (unpaired) electrons. The lowest BCUT2D eigenvalue weighted by Gasteiger charge is -2.18. The monoisotopic (exact) mass is 388 g/mol. The molecule has 0 aliphatic carbocycles. The van der Waals surface area contributed by atoms with Crippen LogP contribution in [-0.2, 0) is 0 Å². The van der Waals surface area contributed by atoms with Gasteiger partial charge in [-0.25, -0.2) is 0 Å². The van der Waals surface area contributed by atoms with Gasteiger partial charge in [0.2, 0.25) is 0 Å². The van der Waals surface area contributed by atoms with Crippen molar-refractivity contribution < 1.29 is 9.59 Å². The van der Waals surface area contributed by atoms with Crippen LogP contribution in [0.15, 0.2) is 46.9 Å². The number of anilines is 1. The van der Waals surface area contributed by atoms with Gasteiger partial charge in [-0.2, -0.15) is 0 Å². The summed E-state index contributed by atoms with van der Waals surface area (Å²) in [7, 11) is 0. The maximum absolute atomic E-state index is 12.3. The standard InChI is InChI=1S/C19H21BrN2O2/c1-4-22(5-2)19(24)14-8-10-16(11-9-14)21-18(23)15-7-6-13(3)17(20)12-15/h6-12H,4-5H2,1-3H3,(H,21,23). The SMILES string of the molecule is CCN(CC)C(=O)c1ccc(NC(=O)c2ccc(C)c(Br)c2)cc1. The fraction of sp³-hybridized carbons (Fsp3) is 0.263. The largest absolute Gasteiger partial charge is 0.339 e. The third kappa shape index (κ3) is 4.23. The summed E-state index contributed by atoms with van der Waals surface area (Å²) < 4.78 is 0.898. The minimum atomic E-state index is -0.182. The molecule has 0 saturated heterocycles. The Bertz CT molecular complexity index is 738. The van der Waals surface area contributed by atoms with Gasteiger partial charge in [-0.15, -0.1) is 0 Å². The van der Waals surface area contributed by atoms with Gasteiger partial charge in [0.25, 0.3) is 11.8 Å². The van der Waals surface area contributed by atoms with E-state index in [1.807, 2.05) is 26.8 Å². The number of amides is 2. The molecule has 1 N–H and O–H groups in total. The van der Waals surface area contributed by atoms with E-state index >= 15 is 0 Å². The number of halogens is 1. The summed E-state index contributed by atoms with van der Waals surface area (Å²) in [6.45, 7) is 7.23. The Labute approximate surface area is 151 Å². The zero-order valence-corrected chi connectivity index (χ0v) is 15.7.